The lowest BCUT2D eigenvalue weighted by Crippen LogP contribution is -2.33. The summed E-state index contributed by atoms with van der Waals surface area (Å²) in [6.07, 6.45) is 0.747. The van der Waals surface area contributed by atoms with Gasteiger partial charge in [-0.1, -0.05) is 0 Å². The molecule has 0 spiro atoms. The summed E-state index contributed by atoms with van der Waals surface area (Å²) in [6, 6.07) is 0. The molecule has 1 amide bonds. The Labute approximate surface area is 80.5 Å². The molecule has 0 aromatic rings. The van der Waals surface area contributed by atoms with Gasteiger partial charge in [0.2, 0.25) is 0 Å². The molecular weight excluding hydrogens is 168 g/mol. The van der Waals surface area contributed by atoms with Crippen molar-refractivity contribution in [1.82, 2.24) is 9.80 Å². The predicted molar refractivity (Wildman–Crippen MR) is 52.8 cm³/mol. The lowest BCUT2D eigenvalue weighted by molar-refractivity contribution is 0.124. The van der Waals surface area contributed by atoms with Crippen LogP contribution in [0.4, 0.5) is 4.79 Å². The van der Waals surface area contributed by atoms with Crippen molar-refractivity contribution < 1.29 is 9.53 Å². The van der Waals surface area contributed by atoms with Gasteiger partial charge in [0.05, 0.1) is 7.11 Å². The fraction of sp³-hybridized carbons (Fsp3) is 0.889. The highest BCUT2D eigenvalue weighted by Gasteiger charge is 2.09. The standard InChI is InChI=1S/C9H20N2O2/c1-5-11(9(12)13-4)8-6-7-10(2)3/h5-8H2,1-4H3. The van der Waals surface area contributed by atoms with E-state index in [1.54, 1.807) is 4.90 Å². The molecule has 4 heteroatoms. The van der Waals surface area contributed by atoms with E-state index >= 15 is 0 Å². The van der Waals surface area contributed by atoms with Crippen LogP contribution in [-0.2, 0) is 4.74 Å². The molecule has 0 radical (unpaired) electrons. The first-order chi connectivity index (χ1) is 6.11. The highest BCUT2D eigenvalue weighted by atomic mass is 16.5. The van der Waals surface area contributed by atoms with Gasteiger partial charge in [-0.15, -0.1) is 0 Å². The van der Waals surface area contributed by atoms with E-state index in [1.807, 2.05) is 21.0 Å². The SMILES string of the molecule is CCN(CCCN(C)C)C(=O)OC. The number of carbonyl (C=O) groups is 1. The molecule has 0 aliphatic rings. The van der Waals surface area contributed by atoms with Crippen LogP contribution in [0.2, 0.25) is 0 Å². The summed E-state index contributed by atoms with van der Waals surface area (Å²) in [5, 5.41) is 0. The summed E-state index contributed by atoms with van der Waals surface area (Å²) < 4.78 is 4.63. The van der Waals surface area contributed by atoms with E-state index in [-0.39, 0.29) is 6.09 Å². The minimum absolute atomic E-state index is 0.235. The molecule has 0 aromatic heterocycles. The molecule has 13 heavy (non-hydrogen) atoms. The number of ether oxygens (including phenoxy) is 1. The lowest BCUT2D eigenvalue weighted by Gasteiger charge is -2.19. The minimum atomic E-state index is -0.235. The van der Waals surface area contributed by atoms with Crippen molar-refractivity contribution in [3.63, 3.8) is 0 Å². The molecule has 0 saturated carbocycles. The molecule has 0 saturated heterocycles. The van der Waals surface area contributed by atoms with Gasteiger partial charge in [0, 0.05) is 13.1 Å². The average Bonchev–Trinajstić information content (AvgIpc) is 2.11. The zero-order chi connectivity index (χ0) is 10.3. The number of nitrogens with zero attached hydrogens (tertiary/aromatic N) is 2. The molecule has 4 nitrogen and oxygen atoms in total. The van der Waals surface area contributed by atoms with Crippen molar-refractivity contribution in [3.05, 3.63) is 0 Å². The van der Waals surface area contributed by atoms with Crippen LogP contribution < -0.4 is 0 Å². The van der Waals surface area contributed by atoms with Gasteiger partial charge in [-0.3, -0.25) is 0 Å². The Kier molecular flexibility index (Phi) is 6.32. The maximum atomic E-state index is 11.1. The van der Waals surface area contributed by atoms with Crippen LogP contribution in [0.3, 0.4) is 0 Å². The Morgan fingerprint density at radius 1 is 1.31 bits per heavy atom. The second-order valence-electron chi connectivity index (χ2n) is 3.21. The zero-order valence-corrected chi connectivity index (χ0v) is 9.04. The van der Waals surface area contributed by atoms with Gasteiger partial charge in [-0.25, -0.2) is 4.79 Å². The Balaban J connectivity index is 3.66. The van der Waals surface area contributed by atoms with Crippen LogP contribution in [0.5, 0.6) is 0 Å². The largest absolute Gasteiger partial charge is 0.453 e. The van der Waals surface area contributed by atoms with Gasteiger partial charge in [0.1, 0.15) is 0 Å². The van der Waals surface area contributed by atoms with Gasteiger partial charge in [-0.05, 0) is 34.0 Å². The summed E-state index contributed by atoms with van der Waals surface area (Å²) in [5.41, 5.74) is 0. The van der Waals surface area contributed by atoms with Gasteiger partial charge in [0.25, 0.3) is 0 Å². The summed E-state index contributed by atoms with van der Waals surface area (Å²) in [7, 11) is 5.46. The Hall–Kier alpha value is -0.770. The zero-order valence-electron chi connectivity index (χ0n) is 9.04. The van der Waals surface area contributed by atoms with Gasteiger partial charge < -0.3 is 14.5 Å². The quantitative estimate of drug-likeness (QED) is 0.646. The second kappa shape index (κ2) is 6.71. The second-order valence-corrected chi connectivity index (χ2v) is 3.21. The minimum Gasteiger partial charge on any atom is -0.453 e. The van der Waals surface area contributed by atoms with Crippen molar-refractivity contribution in [2.45, 2.75) is 13.3 Å². The topological polar surface area (TPSA) is 32.8 Å². The normalized spacial score (nSPS) is 10.2. The van der Waals surface area contributed by atoms with E-state index < -0.39 is 0 Å². The number of rotatable bonds is 5. The first kappa shape index (κ1) is 12.2. The maximum absolute atomic E-state index is 11.1. The first-order valence-corrected chi connectivity index (χ1v) is 4.59. The Morgan fingerprint density at radius 3 is 2.31 bits per heavy atom. The third-order valence-electron chi connectivity index (χ3n) is 1.85. The van der Waals surface area contributed by atoms with E-state index in [9.17, 15) is 4.79 Å². The van der Waals surface area contributed by atoms with Crippen molar-refractivity contribution in [2.24, 2.45) is 0 Å². The van der Waals surface area contributed by atoms with Crippen molar-refractivity contribution in [3.8, 4) is 0 Å². The summed E-state index contributed by atoms with van der Waals surface area (Å²) in [5.74, 6) is 0. The van der Waals surface area contributed by atoms with E-state index in [2.05, 4.69) is 9.64 Å². The number of methoxy groups -OCH3 is 1. The molecule has 0 atom stereocenters. The van der Waals surface area contributed by atoms with Gasteiger partial charge in [-0.2, -0.15) is 0 Å². The van der Waals surface area contributed by atoms with Crippen molar-refractivity contribution in [1.29, 1.82) is 0 Å². The Bertz CT molecular complexity index is 149. The van der Waals surface area contributed by atoms with Gasteiger partial charge >= 0.3 is 6.09 Å². The number of amides is 1. The molecule has 0 N–H and O–H groups in total. The van der Waals surface area contributed by atoms with E-state index in [1.165, 1.54) is 7.11 Å². The van der Waals surface area contributed by atoms with Crippen LogP contribution in [-0.4, -0.2) is 56.7 Å². The molecule has 0 aliphatic heterocycles. The summed E-state index contributed by atoms with van der Waals surface area (Å²) in [6.45, 7) is 4.42. The lowest BCUT2D eigenvalue weighted by atomic mass is 10.4. The molecule has 0 fully saturated rings. The molecule has 0 unspecified atom stereocenters. The highest BCUT2D eigenvalue weighted by Crippen LogP contribution is 1.95. The molecule has 78 valence electrons. The van der Waals surface area contributed by atoms with E-state index in [0.717, 1.165) is 19.5 Å². The molecule has 0 aliphatic carbocycles. The third kappa shape index (κ3) is 5.47. The number of carbonyl (C=O) groups excluding carboxylic acids is 1. The van der Waals surface area contributed by atoms with E-state index in [4.69, 9.17) is 0 Å². The molecule has 0 rings (SSSR count). The predicted octanol–water partition coefficient (Wildman–Crippen LogP) is 1.03. The number of hydrogen-bond acceptors (Lipinski definition) is 3. The highest BCUT2D eigenvalue weighted by molar-refractivity contribution is 5.67. The molecule has 0 aromatic carbocycles. The fourth-order valence-corrected chi connectivity index (χ4v) is 1.09. The van der Waals surface area contributed by atoms with Crippen molar-refractivity contribution in [2.75, 3.05) is 40.8 Å². The fourth-order valence-electron chi connectivity index (χ4n) is 1.09. The van der Waals surface area contributed by atoms with Crippen LogP contribution in [0.15, 0.2) is 0 Å². The molecular formula is C9H20N2O2. The average molecular weight is 188 g/mol. The van der Waals surface area contributed by atoms with Crippen LogP contribution in [0.1, 0.15) is 13.3 Å². The molecule has 0 bridgehead atoms. The van der Waals surface area contributed by atoms with Crippen LogP contribution >= 0.6 is 0 Å². The van der Waals surface area contributed by atoms with Crippen LogP contribution in [0, 0.1) is 0 Å². The molecule has 0 heterocycles. The van der Waals surface area contributed by atoms with Crippen molar-refractivity contribution >= 4 is 6.09 Å². The van der Waals surface area contributed by atoms with Crippen LogP contribution in [0.25, 0.3) is 0 Å². The third-order valence-corrected chi connectivity index (χ3v) is 1.85. The monoisotopic (exact) mass is 188 g/mol. The summed E-state index contributed by atoms with van der Waals surface area (Å²) in [4.78, 5) is 14.9. The Morgan fingerprint density at radius 2 is 1.92 bits per heavy atom. The first-order valence-electron chi connectivity index (χ1n) is 4.59. The smallest absolute Gasteiger partial charge is 0.409 e. The summed E-state index contributed by atoms with van der Waals surface area (Å²) >= 11 is 0. The number of hydrogen-bond donors (Lipinski definition) is 0. The van der Waals surface area contributed by atoms with Gasteiger partial charge in [0.15, 0.2) is 0 Å². The maximum Gasteiger partial charge on any atom is 0.409 e. The van der Waals surface area contributed by atoms with E-state index in [0.29, 0.717) is 6.54 Å².